The van der Waals surface area contributed by atoms with Gasteiger partial charge in [0, 0.05) is 25.3 Å². The third-order valence-electron chi connectivity index (χ3n) is 6.79. The molecule has 4 rings (SSSR count). The van der Waals surface area contributed by atoms with E-state index in [4.69, 9.17) is 4.74 Å². The Hall–Kier alpha value is -3.66. The van der Waals surface area contributed by atoms with Gasteiger partial charge in [0.1, 0.15) is 11.6 Å². The zero-order valence-corrected chi connectivity index (χ0v) is 21.0. The number of methoxy groups -OCH3 is 1. The molecule has 0 bridgehead atoms. The lowest BCUT2D eigenvalue weighted by Gasteiger charge is -2.32. The maximum atomic E-state index is 12.8. The highest BCUT2D eigenvalue weighted by Crippen LogP contribution is 2.34. The van der Waals surface area contributed by atoms with Crippen molar-refractivity contribution in [2.24, 2.45) is 0 Å². The Bertz CT molecular complexity index is 1080. The van der Waals surface area contributed by atoms with Crippen LogP contribution in [0, 0.1) is 0 Å². The molecule has 0 radical (unpaired) electrons. The second-order valence-electron chi connectivity index (χ2n) is 9.36. The number of piperidine rings is 2. The maximum Gasteiger partial charge on any atom is 0.323 e. The second kappa shape index (κ2) is 11.9. The number of urea groups is 1. The second-order valence-corrected chi connectivity index (χ2v) is 9.36. The van der Waals surface area contributed by atoms with Crippen molar-refractivity contribution in [3.05, 3.63) is 48.7 Å². The first kappa shape index (κ1) is 25.4. The average Bonchev–Trinajstić information content (AvgIpc) is 2.89. The van der Waals surface area contributed by atoms with Crippen molar-refractivity contribution < 1.29 is 14.3 Å². The van der Waals surface area contributed by atoms with Crippen molar-refractivity contribution in [3.63, 3.8) is 0 Å². The van der Waals surface area contributed by atoms with Gasteiger partial charge < -0.3 is 25.2 Å². The van der Waals surface area contributed by atoms with E-state index in [2.05, 4.69) is 56.6 Å². The van der Waals surface area contributed by atoms with Crippen LogP contribution in [0.5, 0.6) is 5.75 Å². The van der Waals surface area contributed by atoms with Gasteiger partial charge >= 0.3 is 6.03 Å². The van der Waals surface area contributed by atoms with Crippen molar-refractivity contribution in [3.8, 4) is 5.75 Å². The summed E-state index contributed by atoms with van der Waals surface area (Å²) in [4.78, 5) is 37.2. The topological polar surface area (TPSA) is 112 Å². The molecule has 0 aliphatic carbocycles. The molecule has 1 atom stereocenters. The molecule has 10 nitrogen and oxygen atoms in total. The normalized spacial score (nSPS) is 18.8. The van der Waals surface area contributed by atoms with Gasteiger partial charge in [0.15, 0.2) is 0 Å². The first-order valence-electron chi connectivity index (χ1n) is 12.4. The van der Waals surface area contributed by atoms with Gasteiger partial charge in [0.2, 0.25) is 11.9 Å². The van der Waals surface area contributed by atoms with Crippen molar-refractivity contribution >= 4 is 29.4 Å². The number of ether oxygens (including phenoxy) is 1. The van der Waals surface area contributed by atoms with Crippen LogP contribution in [0.3, 0.4) is 0 Å². The Morgan fingerprint density at radius 1 is 1.17 bits per heavy atom. The van der Waals surface area contributed by atoms with E-state index in [9.17, 15) is 9.59 Å². The average molecular weight is 494 g/mol. The SMILES string of the molecule is C=CC(=O)NC1CCCN(C(=O)Nc2ccnc(Nc3ccc(C4CCN(C)CC4)cc3OC)n2)C1. The Morgan fingerprint density at radius 2 is 1.97 bits per heavy atom. The van der Waals surface area contributed by atoms with Gasteiger partial charge in [-0.2, -0.15) is 4.98 Å². The molecule has 10 heteroatoms. The minimum absolute atomic E-state index is 0.0948. The molecule has 36 heavy (non-hydrogen) atoms. The molecule has 0 spiro atoms. The Labute approximate surface area is 212 Å². The lowest BCUT2D eigenvalue weighted by molar-refractivity contribution is -0.117. The summed E-state index contributed by atoms with van der Waals surface area (Å²) in [6.07, 6.45) is 6.73. The summed E-state index contributed by atoms with van der Waals surface area (Å²) in [5.41, 5.74) is 2.03. The molecule has 3 heterocycles. The number of hydrogen-bond donors (Lipinski definition) is 3. The Kier molecular flexibility index (Phi) is 8.37. The van der Waals surface area contributed by atoms with Crippen molar-refractivity contribution in [2.75, 3.05) is 51.0 Å². The summed E-state index contributed by atoms with van der Waals surface area (Å²) in [5.74, 6) is 1.76. The molecule has 2 fully saturated rings. The number of carbonyl (C=O) groups excluding carboxylic acids is 2. The molecule has 1 aromatic heterocycles. The summed E-state index contributed by atoms with van der Waals surface area (Å²) >= 11 is 0. The number of hydrogen-bond acceptors (Lipinski definition) is 7. The monoisotopic (exact) mass is 493 g/mol. The van der Waals surface area contributed by atoms with Gasteiger partial charge in [-0.3, -0.25) is 10.1 Å². The molecule has 2 saturated heterocycles. The lowest BCUT2D eigenvalue weighted by atomic mass is 9.89. The number of likely N-dealkylation sites (tertiary alicyclic amines) is 2. The fourth-order valence-electron chi connectivity index (χ4n) is 4.74. The largest absolute Gasteiger partial charge is 0.495 e. The number of aromatic nitrogens is 2. The van der Waals surface area contributed by atoms with Crippen LogP contribution in [0.15, 0.2) is 43.1 Å². The van der Waals surface area contributed by atoms with Crippen LogP contribution in [-0.4, -0.2) is 78.1 Å². The minimum Gasteiger partial charge on any atom is -0.495 e. The third-order valence-corrected chi connectivity index (χ3v) is 6.79. The van der Waals surface area contributed by atoms with Crippen LogP contribution in [0.4, 0.5) is 22.2 Å². The zero-order valence-electron chi connectivity index (χ0n) is 21.0. The van der Waals surface area contributed by atoms with Crippen molar-refractivity contribution in [1.82, 2.24) is 25.1 Å². The quantitative estimate of drug-likeness (QED) is 0.507. The molecule has 2 aromatic rings. The molecule has 2 aliphatic rings. The number of nitrogens with one attached hydrogen (secondary N) is 3. The minimum atomic E-state index is -0.266. The first-order valence-corrected chi connectivity index (χ1v) is 12.4. The highest BCUT2D eigenvalue weighted by atomic mass is 16.5. The van der Waals surface area contributed by atoms with Gasteiger partial charge in [-0.05, 0) is 81.6 Å². The van der Waals surface area contributed by atoms with E-state index in [0.29, 0.717) is 30.8 Å². The number of amides is 3. The zero-order chi connectivity index (χ0) is 25.5. The summed E-state index contributed by atoms with van der Waals surface area (Å²) in [6.45, 7) is 6.72. The van der Waals surface area contributed by atoms with Gasteiger partial charge in [-0.15, -0.1) is 0 Å². The maximum absolute atomic E-state index is 12.8. The molecule has 3 amide bonds. The van der Waals surface area contributed by atoms with E-state index in [1.54, 1.807) is 24.3 Å². The van der Waals surface area contributed by atoms with E-state index >= 15 is 0 Å². The molecule has 1 aromatic carbocycles. The third kappa shape index (κ3) is 6.51. The molecule has 2 aliphatic heterocycles. The van der Waals surface area contributed by atoms with Crippen LogP contribution in [0.1, 0.15) is 37.2 Å². The standard InChI is InChI=1S/C26H35N7O3/c1-4-24(34)28-20-6-5-13-33(17-20)26(35)31-23-9-12-27-25(30-23)29-21-8-7-19(16-22(21)36-3)18-10-14-32(2)15-11-18/h4,7-9,12,16,18,20H,1,5-6,10-11,13-15,17H2,2-3H3,(H,28,34)(H2,27,29,30,31,35). The fraction of sp³-hybridized carbons (Fsp3) is 0.462. The van der Waals surface area contributed by atoms with Gasteiger partial charge in [-0.25, -0.2) is 9.78 Å². The van der Waals surface area contributed by atoms with Crippen LogP contribution in [-0.2, 0) is 4.79 Å². The Balaban J connectivity index is 1.39. The molecule has 1 unspecified atom stereocenters. The number of rotatable bonds is 7. The van der Waals surface area contributed by atoms with Gasteiger partial charge in [0.05, 0.1) is 12.8 Å². The molecular weight excluding hydrogens is 458 g/mol. The van der Waals surface area contributed by atoms with E-state index in [1.807, 2.05) is 6.07 Å². The highest BCUT2D eigenvalue weighted by molar-refractivity contribution is 5.89. The fourth-order valence-corrected chi connectivity index (χ4v) is 4.74. The summed E-state index contributed by atoms with van der Waals surface area (Å²) in [6, 6.07) is 7.49. The van der Waals surface area contributed by atoms with Gasteiger partial charge in [0.25, 0.3) is 0 Å². The van der Waals surface area contributed by atoms with Crippen LogP contribution in [0.25, 0.3) is 0 Å². The van der Waals surface area contributed by atoms with E-state index in [0.717, 1.165) is 50.2 Å². The molecular formula is C26H35N7O3. The first-order chi connectivity index (χ1) is 17.4. The summed E-state index contributed by atoms with van der Waals surface area (Å²) < 4.78 is 5.65. The predicted molar refractivity (Wildman–Crippen MR) is 140 cm³/mol. The lowest BCUT2D eigenvalue weighted by Crippen LogP contribution is -2.50. The molecule has 3 N–H and O–H groups in total. The van der Waals surface area contributed by atoms with Crippen molar-refractivity contribution in [1.29, 1.82) is 0 Å². The van der Waals surface area contributed by atoms with E-state index < -0.39 is 0 Å². The Morgan fingerprint density at radius 3 is 2.72 bits per heavy atom. The van der Waals surface area contributed by atoms with Crippen molar-refractivity contribution in [2.45, 2.75) is 37.6 Å². The number of nitrogens with zero attached hydrogens (tertiary/aromatic N) is 4. The van der Waals surface area contributed by atoms with Crippen LogP contribution in [0.2, 0.25) is 0 Å². The smallest absolute Gasteiger partial charge is 0.323 e. The summed E-state index contributed by atoms with van der Waals surface area (Å²) in [7, 11) is 3.81. The van der Waals surface area contributed by atoms with E-state index in [1.165, 1.54) is 11.6 Å². The molecule has 192 valence electrons. The predicted octanol–water partition coefficient (Wildman–Crippen LogP) is 3.34. The molecule has 0 saturated carbocycles. The van der Waals surface area contributed by atoms with Crippen LogP contribution >= 0.6 is 0 Å². The highest BCUT2D eigenvalue weighted by Gasteiger charge is 2.25. The number of anilines is 3. The van der Waals surface area contributed by atoms with Gasteiger partial charge in [-0.1, -0.05) is 12.6 Å². The number of benzene rings is 1. The summed E-state index contributed by atoms with van der Waals surface area (Å²) in [5, 5.41) is 8.91. The van der Waals surface area contributed by atoms with Crippen LogP contribution < -0.4 is 20.7 Å². The number of carbonyl (C=O) groups is 2. The van der Waals surface area contributed by atoms with E-state index in [-0.39, 0.29) is 18.0 Å².